The standard InChI is InChI=1S/C31H30N2O3S/c1-6-19-9-16-23-24(17-19)37-30(32-23)33-26(20-12-14-22(15-13-20)31(3,4)5)25(28(35)29(33)36)27(34)21-10-7-18(2)8-11-21/h7-17,26,34H,6H2,1-5H3/t26-/m1/s1. The molecule has 1 N–H and O–H groups in total. The number of carbonyl (C=O) groups is 2. The van der Waals surface area contributed by atoms with Gasteiger partial charge in [-0.15, -0.1) is 0 Å². The number of thiazole rings is 1. The second-order valence-electron chi connectivity index (χ2n) is 10.6. The Morgan fingerprint density at radius 2 is 1.68 bits per heavy atom. The molecule has 5 rings (SSSR count). The van der Waals surface area contributed by atoms with Crippen molar-refractivity contribution in [2.45, 2.75) is 52.5 Å². The molecular weight excluding hydrogens is 480 g/mol. The highest BCUT2D eigenvalue weighted by Crippen LogP contribution is 2.44. The predicted octanol–water partition coefficient (Wildman–Crippen LogP) is 7.09. The van der Waals surface area contributed by atoms with Gasteiger partial charge in [0, 0.05) is 5.56 Å². The Labute approximate surface area is 221 Å². The summed E-state index contributed by atoms with van der Waals surface area (Å²) in [7, 11) is 0. The molecule has 4 aromatic rings. The van der Waals surface area contributed by atoms with Gasteiger partial charge in [0.1, 0.15) is 5.76 Å². The molecule has 0 saturated carbocycles. The minimum Gasteiger partial charge on any atom is -0.507 e. The van der Waals surface area contributed by atoms with Crippen LogP contribution in [-0.2, 0) is 21.4 Å². The Morgan fingerprint density at radius 1 is 1.00 bits per heavy atom. The van der Waals surface area contributed by atoms with Crippen LogP contribution < -0.4 is 4.90 Å². The molecule has 1 aromatic heterocycles. The van der Waals surface area contributed by atoms with Crippen molar-refractivity contribution in [1.82, 2.24) is 4.98 Å². The maximum atomic E-state index is 13.5. The van der Waals surface area contributed by atoms with Gasteiger partial charge in [0.15, 0.2) is 5.13 Å². The highest BCUT2D eigenvalue weighted by atomic mass is 32.1. The van der Waals surface area contributed by atoms with E-state index >= 15 is 0 Å². The summed E-state index contributed by atoms with van der Waals surface area (Å²) in [6.45, 7) is 10.5. The quantitative estimate of drug-likeness (QED) is 0.181. The summed E-state index contributed by atoms with van der Waals surface area (Å²) in [5.74, 6) is -1.58. The van der Waals surface area contributed by atoms with Crippen LogP contribution in [0.5, 0.6) is 0 Å². The van der Waals surface area contributed by atoms with E-state index < -0.39 is 17.7 Å². The fraction of sp³-hybridized carbons (Fsp3) is 0.258. The third-order valence-electron chi connectivity index (χ3n) is 6.92. The maximum absolute atomic E-state index is 13.5. The van der Waals surface area contributed by atoms with Crippen molar-refractivity contribution < 1.29 is 14.7 Å². The Morgan fingerprint density at radius 3 is 2.30 bits per heavy atom. The number of nitrogens with zero attached hydrogens (tertiary/aromatic N) is 2. The monoisotopic (exact) mass is 510 g/mol. The minimum atomic E-state index is -0.790. The molecule has 0 unspecified atom stereocenters. The number of rotatable bonds is 4. The highest BCUT2D eigenvalue weighted by Gasteiger charge is 2.48. The number of ketones is 1. The third kappa shape index (κ3) is 4.46. The Bertz CT molecular complexity index is 1540. The third-order valence-corrected chi connectivity index (χ3v) is 7.94. The number of aliphatic hydroxyl groups is 1. The molecule has 37 heavy (non-hydrogen) atoms. The van der Waals surface area contributed by atoms with Gasteiger partial charge in [-0.3, -0.25) is 14.5 Å². The summed E-state index contributed by atoms with van der Waals surface area (Å²) in [4.78, 5) is 33.2. The van der Waals surface area contributed by atoms with Crippen LogP contribution in [-0.4, -0.2) is 21.8 Å². The van der Waals surface area contributed by atoms with E-state index in [4.69, 9.17) is 4.98 Å². The van der Waals surface area contributed by atoms with E-state index in [-0.39, 0.29) is 16.7 Å². The number of amides is 1. The maximum Gasteiger partial charge on any atom is 0.301 e. The molecule has 1 aliphatic rings. The summed E-state index contributed by atoms with van der Waals surface area (Å²) in [6, 6.07) is 20.5. The average molecular weight is 511 g/mol. The van der Waals surface area contributed by atoms with E-state index in [9.17, 15) is 14.7 Å². The van der Waals surface area contributed by atoms with Crippen LogP contribution in [0.2, 0.25) is 0 Å². The van der Waals surface area contributed by atoms with E-state index in [1.165, 1.54) is 21.8 Å². The zero-order valence-corrected chi connectivity index (χ0v) is 22.5. The molecule has 1 aliphatic heterocycles. The summed E-state index contributed by atoms with van der Waals surface area (Å²) >= 11 is 1.38. The van der Waals surface area contributed by atoms with Crippen molar-refractivity contribution in [1.29, 1.82) is 0 Å². The number of fused-ring (bicyclic) bond motifs is 1. The van der Waals surface area contributed by atoms with Crippen LogP contribution in [0.3, 0.4) is 0 Å². The molecule has 0 spiro atoms. The molecule has 0 bridgehead atoms. The van der Waals surface area contributed by atoms with Crippen LogP contribution in [0.25, 0.3) is 16.0 Å². The van der Waals surface area contributed by atoms with Crippen molar-refractivity contribution in [3.05, 3.63) is 100 Å². The minimum absolute atomic E-state index is 0.0493. The first-order valence-electron chi connectivity index (χ1n) is 12.5. The fourth-order valence-corrected chi connectivity index (χ4v) is 5.71. The van der Waals surface area contributed by atoms with Gasteiger partial charge in [-0.1, -0.05) is 99.2 Å². The number of Topliss-reactive ketones (excluding diaryl/α,β-unsaturated/α-hetero) is 1. The van der Waals surface area contributed by atoms with Gasteiger partial charge in [0.05, 0.1) is 21.8 Å². The first-order chi connectivity index (χ1) is 17.6. The fourth-order valence-electron chi connectivity index (χ4n) is 4.66. The second kappa shape index (κ2) is 9.27. The summed E-state index contributed by atoms with van der Waals surface area (Å²) < 4.78 is 0.955. The first-order valence-corrected chi connectivity index (χ1v) is 13.3. The highest BCUT2D eigenvalue weighted by molar-refractivity contribution is 7.22. The molecule has 0 aliphatic carbocycles. The molecule has 1 amide bonds. The van der Waals surface area contributed by atoms with Crippen LogP contribution >= 0.6 is 11.3 Å². The molecule has 188 valence electrons. The number of aromatic nitrogens is 1. The number of hydrogen-bond donors (Lipinski definition) is 1. The number of benzene rings is 3. The number of carbonyl (C=O) groups excluding carboxylic acids is 2. The van der Waals surface area contributed by atoms with Gasteiger partial charge in [-0.2, -0.15) is 0 Å². The molecular formula is C31H30N2O3S. The van der Waals surface area contributed by atoms with Crippen molar-refractivity contribution in [2.24, 2.45) is 0 Å². The zero-order chi connectivity index (χ0) is 26.5. The molecule has 2 heterocycles. The van der Waals surface area contributed by atoms with Crippen molar-refractivity contribution in [3.63, 3.8) is 0 Å². The lowest BCUT2D eigenvalue weighted by molar-refractivity contribution is -0.132. The van der Waals surface area contributed by atoms with Gasteiger partial charge < -0.3 is 5.11 Å². The van der Waals surface area contributed by atoms with Crippen LogP contribution in [0.4, 0.5) is 5.13 Å². The van der Waals surface area contributed by atoms with E-state index in [2.05, 4.69) is 33.8 Å². The normalized spacial score (nSPS) is 17.6. The van der Waals surface area contributed by atoms with Crippen molar-refractivity contribution in [3.8, 4) is 0 Å². The van der Waals surface area contributed by atoms with Crippen molar-refractivity contribution >= 4 is 44.1 Å². The van der Waals surface area contributed by atoms with Crippen LogP contribution in [0.15, 0.2) is 72.3 Å². The van der Waals surface area contributed by atoms with Gasteiger partial charge >= 0.3 is 5.91 Å². The van der Waals surface area contributed by atoms with E-state index in [0.717, 1.165) is 33.3 Å². The Balaban J connectivity index is 1.70. The molecule has 1 atom stereocenters. The molecule has 1 saturated heterocycles. The second-order valence-corrected chi connectivity index (χ2v) is 11.6. The number of hydrogen-bond acceptors (Lipinski definition) is 5. The van der Waals surface area contributed by atoms with Gasteiger partial charge in [-0.05, 0) is 47.6 Å². The van der Waals surface area contributed by atoms with Gasteiger partial charge in [-0.25, -0.2) is 4.98 Å². The smallest absolute Gasteiger partial charge is 0.301 e. The summed E-state index contributed by atoms with van der Waals surface area (Å²) in [6.07, 6.45) is 0.893. The molecule has 6 heteroatoms. The van der Waals surface area contributed by atoms with Crippen molar-refractivity contribution in [2.75, 3.05) is 4.90 Å². The average Bonchev–Trinajstić information content (AvgIpc) is 3.41. The number of aryl methyl sites for hydroxylation is 2. The van der Waals surface area contributed by atoms with Gasteiger partial charge in [0.25, 0.3) is 5.78 Å². The topological polar surface area (TPSA) is 70.5 Å². The lowest BCUT2D eigenvalue weighted by Crippen LogP contribution is -2.29. The lowest BCUT2D eigenvalue weighted by atomic mass is 9.85. The first kappa shape index (κ1) is 24.9. The molecule has 1 fully saturated rings. The van der Waals surface area contributed by atoms with Gasteiger partial charge in [0.2, 0.25) is 0 Å². The zero-order valence-electron chi connectivity index (χ0n) is 21.7. The predicted molar refractivity (Wildman–Crippen MR) is 150 cm³/mol. The SMILES string of the molecule is CCc1ccc2nc(N3C(=O)C(=O)C(=C(O)c4ccc(C)cc4)[C@H]3c3ccc(C(C)(C)C)cc3)sc2c1. The molecule has 5 nitrogen and oxygen atoms in total. The van der Waals surface area contributed by atoms with E-state index in [0.29, 0.717) is 10.7 Å². The number of aliphatic hydroxyl groups excluding tert-OH is 1. The Kier molecular flexibility index (Phi) is 6.24. The molecule has 0 radical (unpaired) electrons. The number of anilines is 1. The van der Waals surface area contributed by atoms with E-state index in [1.807, 2.05) is 55.5 Å². The van der Waals surface area contributed by atoms with Crippen LogP contribution in [0.1, 0.15) is 61.6 Å². The molecule has 3 aromatic carbocycles. The lowest BCUT2D eigenvalue weighted by Gasteiger charge is -2.24. The summed E-state index contributed by atoms with van der Waals surface area (Å²) in [5, 5.41) is 11.8. The summed E-state index contributed by atoms with van der Waals surface area (Å²) in [5.41, 5.74) is 5.40. The Hall–Kier alpha value is -3.77. The van der Waals surface area contributed by atoms with Crippen LogP contribution in [0, 0.1) is 6.92 Å². The largest absolute Gasteiger partial charge is 0.507 e. The van der Waals surface area contributed by atoms with E-state index in [1.54, 1.807) is 12.1 Å².